The van der Waals surface area contributed by atoms with Gasteiger partial charge in [-0.2, -0.15) is 0 Å². The van der Waals surface area contributed by atoms with E-state index < -0.39 is 5.97 Å². The number of rotatable bonds is 6. The van der Waals surface area contributed by atoms with Gasteiger partial charge in [0.05, 0.1) is 11.4 Å². The fraction of sp³-hybridized carbons (Fsp3) is 0.467. The van der Waals surface area contributed by atoms with Crippen LogP contribution in [-0.4, -0.2) is 55.4 Å². The van der Waals surface area contributed by atoms with Crippen LogP contribution >= 0.6 is 11.6 Å². The van der Waals surface area contributed by atoms with E-state index in [-0.39, 0.29) is 19.0 Å². The van der Waals surface area contributed by atoms with Crippen LogP contribution in [0.4, 0.5) is 4.79 Å². The highest BCUT2D eigenvalue weighted by molar-refractivity contribution is 6.32. The molecule has 1 heterocycles. The molecule has 7 nitrogen and oxygen atoms in total. The van der Waals surface area contributed by atoms with Gasteiger partial charge in [0, 0.05) is 20.1 Å². The first-order valence-electron chi connectivity index (χ1n) is 7.26. The van der Waals surface area contributed by atoms with E-state index in [9.17, 15) is 9.59 Å². The maximum absolute atomic E-state index is 11.8. The Morgan fingerprint density at radius 1 is 1.35 bits per heavy atom. The molecule has 0 atom stereocenters. The summed E-state index contributed by atoms with van der Waals surface area (Å²) in [5.74, 6) is 0.235. The fourth-order valence-electron chi connectivity index (χ4n) is 2.12. The van der Waals surface area contributed by atoms with Crippen LogP contribution in [-0.2, 0) is 11.2 Å². The number of hydrogen-bond acceptors (Lipinski definition) is 4. The van der Waals surface area contributed by atoms with Gasteiger partial charge in [-0.1, -0.05) is 11.6 Å². The minimum absolute atomic E-state index is 0.0817. The lowest BCUT2D eigenvalue weighted by atomic mass is 10.1. The van der Waals surface area contributed by atoms with E-state index in [1.54, 1.807) is 13.1 Å². The number of nitrogens with one attached hydrogen (secondary N) is 1. The number of amides is 2. The van der Waals surface area contributed by atoms with Gasteiger partial charge in [-0.3, -0.25) is 4.79 Å². The zero-order chi connectivity index (χ0) is 16.8. The Balaban J connectivity index is 1.83. The molecular formula is C15H19ClN2O5. The van der Waals surface area contributed by atoms with Crippen molar-refractivity contribution in [3.05, 3.63) is 22.7 Å². The molecule has 0 aliphatic carbocycles. The molecule has 0 spiro atoms. The molecule has 1 aromatic carbocycles. The summed E-state index contributed by atoms with van der Waals surface area (Å²) in [6.07, 6.45) is 0.497. The molecule has 0 aromatic heterocycles. The molecule has 1 aliphatic heterocycles. The number of carboxylic acid groups (broad SMARTS) is 1. The van der Waals surface area contributed by atoms with Gasteiger partial charge in [-0.25, -0.2) is 4.79 Å². The molecule has 2 rings (SSSR count). The number of aliphatic carboxylic acids is 1. The molecule has 0 saturated carbocycles. The van der Waals surface area contributed by atoms with Crippen molar-refractivity contribution in [2.24, 2.45) is 0 Å². The second kappa shape index (κ2) is 7.92. The highest BCUT2D eigenvalue weighted by Crippen LogP contribution is 2.38. The first kappa shape index (κ1) is 17.2. The summed E-state index contributed by atoms with van der Waals surface area (Å²) in [5.41, 5.74) is 0.924. The summed E-state index contributed by atoms with van der Waals surface area (Å²) >= 11 is 6.15. The number of ether oxygens (including phenoxy) is 2. The molecule has 0 bridgehead atoms. The van der Waals surface area contributed by atoms with Crippen molar-refractivity contribution in [2.45, 2.75) is 12.8 Å². The minimum atomic E-state index is -0.935. The smallest absolute Gasteiger partial charge is 0.317 e. The first-order chi connectivity index (χ1) is 11.0. The van der Waals surface area contributed by atoms with Gasteiger partial charge in [0.2, 0.25) is 0 Å². The van der Waals surface area contributed by atoms with E-state index in [0.29, 0.717) is 42.7 Å². The van der Waals surface area contributed by atoms with Crippen molar-refractivity contribution in [3.8, 4) is 11.5 Å². The van der Waals surface area contributed by atoms with Crippen LogP contribution < -0.4 is 14.8 Å². The van der Waals surface area contributed by atoms with E-state index in [4.69, 9.17) is 26.2 Å². The predicted molar refractivity (Wildman–Crippen MR) is 84.4 cm³/mol. The average Bonchev–Trinajstić information content (AvgIpc) is 2.52. The van der Waals surface area contributed by atoms with Crippen molar-refractivity contribution in [1.29, 1.82) is 0 Å². The second-order valence-corrected chi connectivity index (χ2v) is 5.56. The number of benzene rings is 1. The number of halogens is 1. The number of hydrogen-bond donors (Lipinski definition) is 2. The average molecular weight is 343 g/mol. The number of fused-ring (bicyclic) bond motifs is 1. The van der Waals surface area contributed by atoms with Gasteiger partial charge < -0.3 is 24.8 Å². The van der Waals surface area contributed by atoms with E-state index in [0.717, 1.165) is 5.56 Å². The Kier molecular flexibility index (Phi) is 5.92. The molecule has 0 saturated heterocycles. The van der Waals surface area contributed by atoms with Crippen LogP contribution in [0.25, 0.3) is 0 Å². The topological polar surface area (TPSA) is 88.1 Å². The summed E-state index contributed by atoms with van der Waals surface area (Å²) in [5, 5.41) is 11.8. The molecule has 8 heteroatoms. The maximum atomic E-state index is 11.8. The lowest BCUT2D eigenvalue weighted by molar-refractivity contribution is -0.137. The predicted octanol–water partition coefficient (Wildman–Crippen LogP) is 1.77. The zero-order valence-electron chi connectivity index (χ0n) is 12.8. The SMILES string of the molecule is CN(CCC(=O)O)C(=O)NCCc1cc(Cl)c2c(c1)OCCO2. The fourth-order valence-corrected chi connectivity index (χ4v) is 2.41. The number of urea groups is 1. The summed E-state index contributed by atoms with van der Waals surface area (Å²) in [4.78, 5) is 23.6. The second-order valence-electron chi connectivity index (χ2n) is 5.15. The lowest BCUT2D eigenvalue weighted by Gasteiger charge is -2.20. The van der Waals surface area contributed by atoms with Gasteiger partial charge in [0.15, 0.2) is 11.5 Å². The van der Waals surface area contributed by atoms with Crippen molar-refractivity contribution in [1.82, 2.24) is 10.2 Å². The number of nitrogens with zero attached hydrogens (tertiary/aromatic N) is 1. The van der Waals surface area contributed by atoms with Crippen molar-refractivity contribution < 1.29 is 24.2 Å². The number of carbonyl (C=O) groups excluding carboxylic acids is 1. The molecule has 126 valence electrons. The Hall–Kier alpha value is -2.15. The third kappa shape index (κ3) is 4.92. The molecule has 1 aliphatic rings. The van der Waals surface area contributed by atoms with E-state index >= 15 is 0 Å². The Morgan fingerprint density at radius 3 is 2.83 bits per heavy atom. The largest absolute Gasteiger partial charge is 0.486 e. The Bertz CT molecular complexity index is 593. The molecule has 1 aromatic rings. The molecule has 0 fully saturated rings. The standard InChI is InChI=1S/C15H19ClN2O5/c1-18(5-3-13(19)20)15(21)17-4-2-10-8-11(16)14-12(9-10)22-6-7-23-14/h8-9H,2-7H2,1H3,(H,17,21)(H,19,20). The zero-order valence-corrected chi connectivity index (χ0v) is 13.6. The van der Waals surface area contributed by atoms with Gasteiger partial charge in [0.25, 0.3) is 0 Å². The molecule has 2 N–H and O–H groups in total. The minimum Gasteiger partial charge on any atom is -0.486 e. The van der Waals surface area contributed by atoms with E-state index in [1.165, 1.54) is 4.90 Å². The van der Waals surface area contributed by atoms with E-state index in [2.05, 4.69) is 5.32 Å². The van der Waals surface area contributed by atoms with Crippen LogP contribution in [0, 0.1) is 0 Å². The molecule has 2 amide bonds. The van der Waals surface area contributed by atoms with Gasteiger partial charge in [-0.05, 0) is 24.1 Å². The molecule has 0 radical (unpaired) electrons. The van der Waals surface area contributed by atoms with Gasteiger partial charge in [-0.15, -0.1) is 0 Å². The molecule has 0 unspecified atom stereocenters. The molecule has 23 heavy (non-hydrogen) atoms. The van der Waals surface area contributed by atoms with Gasteiger partial charge >= 0.3 is 12.0 Å². The normalized spacial score (nSPS) is 12.6. The highest BCUT2D eigenvalue weighted by Gasteiger charge is 2.16. The van der Waals surface area contributed by atoms with Crippen LogP contribution in [0.2, 0.25) is 5.02 Å². The third-order valence-corrected chi connectivity index (χ3v) is 3.64. The van der Waals surface area contributed by atoms with Crippen molar-refractivity contribution in [3.63, 3.8) is 0 Å². The number of carboxylic acids is 1. The highest BCUT2D eigenvalue weighted by atomic mass is 35.5. The Morgan fingerprint density at radius 2 is 2.09 bits per heavy atom. The summed E-state index contributed by atoms with van der Waals surface area (Å²) in [6, 6.07) is 3.32. The summed E-state index contributed by atoms with van der Waals surface area (Å²) < 4.78 is 11.0. The van der Waals surface area contributed by atoms with Crippen LogP contribution in [0.5, 0.6) is 11.5 Å². The maximum Gasteiger partial charge on any atom is 0.317 e. The van der Waals surface area contributed by atoms with Gasteiger partial charge in [0.1, 0.15) is 13.2 Å². The molecular weight excluding hydrogens is 324 g/mol. The van der Waals surface area contributed by atoms with Crippen LogP contribution in [0.1, 0.15) is 12.0 Å². The lowest BCUT2D eigenvalue weighted by Crippen LogP contribution is -2.39. The van der Waals surface area contributed by atoms with Crippen LogP contribution in [0.3, 0.4) is 0 Å². The monoisotopic (exact) mass is 342 g/mol. The van der Waals surface area contributed by atoms with E-state index in [1.807, 2.05) is 6.07 Å². The van der Waals surface area contributed by atoms with Crippen LogP contribution in [0.15, 0.2) is 12.1 Å². The van der Waals surface area contributed by atoms with Crippen molar-refractivity contribution in [2.75, 3.05) is 33.4 Å². The third-order valence-electron chi connectivity index (χ3n) is 3.35. The van der Waals surface area contributed by atoms with Crippen molar-refractivity contribution >= 4 is 23.6 Å². The quantitative estimate of drug-likeness (QED) is 0.822. The Labute approximate surface area is 139 Å². The summed E-state index contributed by atoms with van der Waals surface area (Å²) in [6.45, 7) is 1.53. The summed E-state index contributed by atoms with van der Waals surface area (Å²) in [7, 11) is 1.55. The number of carbonyl (C=O) groups is 2. The first-order valence-corrected chi connectivity index (χ1v) is 7.64.